The Labute approximate surface area is 181 Å². The molecule has 1 aliphatic rings. The molecule has 0 amide bonds. The van der Waals surface area contributed by atoms with Crippen molar-refractivity contribution in [1.29, 1.82) is 0 Å². The third-order valence-electron chi connectivity index (χ3n) is 5.08. The zero-order chi connectivity index (χ0) is 21.3. The fourth-order valence-corrected chi connectivity index (χ4v) is 4.06. The van der Waals surface area contributed by atoms with E-state index in [1.54, 1.807) is 11.1 Å². The number of hydrogen-bond acceptors (Lipinski definition) is 5. The molecule has 0 saturated carbocycles. The molecule has 7 heteroatoms. The van der Waals surface area contributed by atoms with Crippen molar-refractivity contribution >= 4 is 44.8 Å². The van der Waals surface area contributed by atoms with Crippen LogP contribution in [0.1, 0.15) is 22.7 Å². The summed E-state index contributed by atoms with van der Waals surface area (Å²) in [6.07, 6.45) is 6.78. The van der Waals surface area contributed by atoms with Gasteiger partial charge in [-0.05, 0) is 35.4 Å². The molecule has 1 aromatic heterocycles. The summed E-state index contributed by atoms with van der Waals surface area (Å²) >= 11 is 3.54. The number of rotatable bonds is 4. The molecule has 0 spiro atoms. The van der Waals surface area contributed by atoms with Crippen LogP contribution in [-0.2, 0) is 19.1 Å². The predicted octanol–water partition coefficient (Wildman–Crippen LogP) is 4.54. The van der Waals surface area contributed by atoms with E-state index in [1.165, 1.54) is 14.2 Å². The van der Waals surface area contributed by atoms with Gasteiger partial charge in [0.1, 0.15) is 5.70 Å². The van der Waals surface area contributed by atoms with Crippen LogP contribution in [0.5, 0.6) is 0 Å². The SMILES string of the molecule is COC(=O)/C=C(\C(=O)OC)N1C=Cc2ccccc2C1c1c[nH]c2ccc(Br)cc12. The molecule has 1 N–H and O–H groups in total. The van der Waals surface area contributed by atoms with Crippen LogP contribution in [0.4, 0.5) is 0 Å². The van der Waals surface area contributed by atoms with Crippen LogP contribution in [0.3, 0.4) is 0 Å². The number of hydrogen-bond donors (Lipinski definition) is 1. The van der Waals surface area contributed by atoms with Crippen molar-refractivity contribution in [3.05, 3.63) is 87.8 Å². The van der Waals surface area contributed by atoms with Gasteiger partial charge in [0, 0.05) is 33.3 Å². The van der Waals surface area contributed by atoms with E-state index in [1.807, 2.05) is 54.7 Å². The maximum Gasteiger partial charge on any atom is 0.354 e. The number of esters is 2. The molecule has 0 saturated heterocycles. The highest BCUT2D eigenvalue weighted by atomic mass is 79.9. The smallest absolute Gasteiger partial charge is 0.354 e. The van der Waals surface area contributed by atoms with Crippen LogP contribution in [0.25, 0.3) is 17.0 Å². The third-order valence-corrected chi connectivity index (χ3v) is 5.58. The van der Waals surface area contributed by atoms with Gasteiger partial charge in [0.25, 0.3) is 0 Å². The van der Waals surface area contributed by atoms with Crippen molar-refractivity contribution in [3.63, 3.8) is 0 Å². The molecule has 1 unspecified atom stereocenters. The van der Waals surface area contributed by atoms with Crippen molar-refractivity contribution in [2.24, 2.45) is 0 Å². The van der Waals surface area contributed by atoms with Crippen molar-refractivity contribution in [2.45, 2.75) is 6.04 Å². The summed E-state index contributed by atoms with van der Waals surface area (Å²) in [5, 5.41) is 1.01. The van der Waals surface area contributed by atoms with Gasteiger partial charge in [-0.3, -0.25) is 0 Å². The Morgan fingerprint density at radius 2 is 1.90 bits per heavy atom. The van der Waals surface area contributed by atoms with E-state index >= 15 is 0 Å². The highest BCUT2D eigenvalue weighted by Crippen LogP contribution is 2.41. The van der Waals surface area contributed by atoms with Gasteiger partial charge in [0.05, 0.1) is 26.3 Å². The normalized spacial score (nSPS) is 15.8. The number of halogens is 1. The molecule has 0 fully saturated rings. The Kier molecular flexibility index (Phi) is 5.46. The summed E-state index contributed by atoms with van der Waals surface area (Å²) in [7, 11) is 2.55. The molecule has 2 heterocycles. The zero-order valence-electron chi connectivity index (χ0n) is 16.4. The number of ether oxygens (including phenoxy) is 2. The number of benzene rings is 2. The molecule has 1 atom stereocenters. The summed E-state index contributed by atoms with van der Waals surface area (Å²) in [6, 6.07) is 13.6. The summed E-state index contributed by atoms with van der Waals surface area (Å²) in [5.74, 6) is -1.27. The molecule has 30 heavy (non-hydrogen) atoms. The van der Waals surface area contributed by atoms with Crippen LogP contribution >= 0.6 is 15.9 Å². The number of H-pyrrole nitrogens is 1. The number of carbonyl (C=O) groups is 2. The summed E-state index contributed by atoms with van der Waals surface area (Å²) < 4.78 is 10.7. The minimum Gasteiger partial charge on any atom is -0.466 e. The van der Waals surface area contributed by atoms with Crippen LogP contribution in [0, 0.1) is 0 Å². The van der Waals surface area contributed by atoms with E-state index in [4.69, 9.17) is 9.47 Å². The lowest BCUT2D eigenvalue weighted by Crippen LogP contribution is -2.31. The molecule has 1 aliphatic heterocycles. The Bertz CT molecular complexity index is 1190. The van der Waals surface area contributed by atoms with E-state index in [-0.39, 0.29) is 11.7 Å². The number of nitrogens with one attached hydrogen (secondary N) is 1. The standard InChI is InChI=1S/C23H19BrN2O4/c1-29-21(27)12-20(23(28)30-2)26-10-9-14-5-3-4-6-16(14)22(26)18-13-25-19-8-7-15(24)11-17(18)19/h3-13,22,25H,1-2H3/b20-12+. The first-order valence-corrected chi connectivity index (χ1v) is 10.0. The minimum atomic E-state index is -0.636. The van der Waals surface area contributed by atoms with E-state index in [0.717, 1.165) is 38.1 Å². The average Bonchev–Trinajstić information content (AvgIpc) is 3.18. The Morgan fingerprint density at radius 1 is 1.10 bits per heavy atom. The minimum absolute atomic E-state index is 0.0875. The molecule has 4 rings (SSSR count). The van der Waals surface area contributed by atoms with Gasteiger partial charge < -0.3 is 19.4 Å². The average molecular weight is 467 g/mol. The third kappa shape index (κ3) is 3.52. The van der Waals surface area contributed by atoms with Crippen LogP contribution in [-0.4, -0.2) is 36.0 Å². The molecular formula is C23H19BrN2O4. The number of carbonyl (C=O) groups excluding carboxylic acids is 2. The summed E-state index contributed by atoms with van der Waals surface area (Å²) in [6.45, 7) is 0. The molecule has 6 nitrogen and oxygen atoms in total. The first kappa shape index (κ1) is 20.0. The van der Waals surface area contributed by atoms with Gasteiger partial charge in [-0.15, -0.1) is 0 Å². The molecule has 2 aromatic carbocycles. The molecule has 0 bridgehead atoms. The number of fused-ring (bicyclic) bond motifs is 2. The topological polar surface area (TPSA) is 71.6 Å². The van der Waals surface area contributed by atoms with Gasteiger partial charge in [-0.2, -0.15) is 0 Å². The van der Waals surface area contributed by atoms with Crippen LogP contribution in [0.15, 0.2) is 71.1 Å². The Balaban J connectivity index is 1.95. The lowest BCUT2D eigenvalue weighted by molar-refractivity contribution is -0.139. The predicted molar refractivity (Wildman–Crippen MR) is 117 cm³/mol. The number of nitrogens with zero attached hydrogens (tertiary/aromatic N) is 1. The number of methoxy groups -OCH3 is 2. The molecule has 0 radical (unpaired) electrons. The van der Waals surface area contributed by atoms with Crippen molar-refractivity contribution in [2.75, 3.05) is 14.2 Å². The second kappa shape index (κ2) is 8.20. The van der Waals surface area contributed by atoms with Gasteiger partial charge in [-0.25, -0.2) is 9.59 Å². The lowest BCUT2D eigenvalue weighted by atomic mass is 9.90. The number of aromatic nitrogens is 1. The first-order valence-electron chi connectivity index (χ1n) is 9.23. The van der Waals surface area contributed by atoms with Gasteiger partial charge in [-0.1, -0.05) is 40.2 Å². The van der Waals surface area contributed by atoms with Crippen molar-refractivity contribution in [1.82, 2.24) is 9.88 Å². The summed E-state index contributed by atoms with van der Waals surface area (Å²) in [4.78, 5) is 29.7. The second-order valence-corrected chi connectivity index (χ2v) is 7.65. The van der Waals surface area contributed by atoms with Crippen LogP contribution in [0.2, 0.25) is 0 Å². The van der Waals surface area contributed by atoms with Gasteiger partial charge in [0.2, 0.25) is 0 Å². The fourth-order valence-electron chi connectivity index (χ4n) is 3.70. The quantitative estimate of drug-likeness (QED) is 0.451. The largest absolute Gasteiger partial charge is 0.466 e. The zero-order valence-corrected chi connectivity index (χ0v) is 18.0. The second-order valence-electron chi connectivity index (χ2n) is 6.73. The highest BCUT2D eigenvalue weighted by molar-refractivity contribution is 9.10. The molecule has 0 aliphatic carbocycles. The summed E-state index contributed by atoms with van der Waals surface area (Å²) in [5.41, 5.74) is 4.05. The Hall–Kier alpha value is -3.32. The van der Waals surface area contributed by atoms with E-state index in [9.17, 15) is 9.59 Å². The monoisotopic (exact) mass is 466 g/mol. The van der Waals surface area contributed by atoms with Gasteiger partial charge in [0.15, 0.2) is 0 Å². The maximum absolute atomic E-state index is 12.6. The van der Waals surface area contributed by atoms with Crippen molar-refractivity contribution in [3.8, 4) is 0 Å². The molecular weight excluding hydrogens is 448 g/mol. The Morgan fingerprint density at radius 3 is 2.67 bits per heavy atom. The van der Waals surface area contributed by atoms with E-state index < -0.39 is 11.9 Å². The highest BCUT2D eigenvalue weighted by Gasteiger charge is 2.32. The fraction of sp³-hybridized carbons (Fsp3) is 0.130. The van der Waals surface area contributed by atoms with Crippen molar-refractivity contribution < 1.29 is 19.1 Å². The first-order chi connectivity index (χ1) is 14.5. The molecule has 3 aromatic rings. The number of aromatic amines is 1. The maximum atomic E-state index is 12.6. The van der Waals surface area contributed by atoms with E-state index in [2.05, 4.69) is 20.9 Å². The van der Waals surface area contributed by atoms with E-state index in [0.29, 0.717) is 0 Å². The van der Waals surface area contributed by atoms with Crippen LogP contribution < -0.4 is 0 Å². The molecule has 152 valence electrons. The van der Waals surface area contributed by atoms with Gasteiger partial charge >= 0.3 is 11.9 Å². The lowest BCUT2D eigenvalue weighted by Gasteiger charge is -2.35.